The van der Waals surface area contributed by atoms with Crippen molar-refractivity contribution < 1.29 is 4.79 Å². The molecule has 3 heterocycles. The van der Waals surface area contributed by atoms with Crippen molar-refractivity contribution in [3.05, 3.63) is 54.1 Å². The van der Waals surface area contributed by atoms with Crippen molar-refractivity contribution in [2.45, 2.75) is 12.8 Å². The summed E-state index contributed by atoms with van der Waals surface area (Å²) in [5, 5.41) is 0. The highest BCUT2D eigenvalue weighted by molar-refractivity contribution is 5.97. The molecule has 5 heteroatoms. The van der Waals surface area contributed by atoms with Gasteiger partial charge in [-0.1, -0.05) is 30.3 Å². The summed E-state index contributed by atoms with van der Waals surface area (Å²) < 4.78 is 2.13. The van der Waals surface area contributed by atoms with Gasteiger partial charge in [0.25, 0.3) is 0 Å². The number of hydrogen-bond acceptors (Lipinski definition) is 3. The van der Waals surface area contributed by atoms with Crippen LogP contribution in [0.3, 0.4) is 0 Å². The first-order valence-corrected chi connectivity index (χ1v) is 9.28. The highest BCUT2D eigenvalue weighted by Crippen LogP contribution is 2.32. The van der Waals surface area contributed by atoms with Crippen LogP contribution in [0.5, 0.6) is 0 Å². The van der Waals surface area contributed by atoms with Crippen molar-refractivity contribution in [1.82, 2.24) is 9.55 Å². The first-order valence-electron chi connectivity index (χ1n) is 9.28. The van der Waals surface area contributed by atoms with Gasteiger partial charge >= 0.3 is 0 Å². The second-order valence-corrected chi connectivity index (χ2v) is 7.26. The second kappa shape index (κ2) is 5.87. The van der Waals surface area contributed by atoms with Gasteiger partial charge < -0.3 is 14.4 Å². The van der Waals surface area contributed by atoms with E-state index in [0.29, 0.717) is 0 Å². The van der Waals surface area contributed by atoms with E-state index in [-0.39, 0.29) is 11.8 Å². The van der Waals surface area contributed by atoms with E-state index < -0.39 is 0 Å². The van der Waals surface area contributed by atoms with E-state index in [1.807, 2.05) is 29.2 Å². The zero-order valence-corrected chi connectivity index (χ0v) is 14.9. The first kappa shape index (κ1) is 15.4. The second-order valence-electron chi connectivity index (χ2n) is 7.26. The minimum atomic E-state index is 0.0426. The standard InChI is InChI=1S/C21H22N4O/c1-23-19-9-5-3-7-17(19)22-21(23)24-12-10-16(14-24)20(26)25-13-11-15-6-2-4-8-18(15)25/h2-9,16H,10-14H2,1H3. The number of hydrogen-bond donors (Lipinski definition) is 0. The van der Waals surface area contributed by atoms with Crippen molar-refractivity contribution >= 4 is 28.6 Å². The molecule has 0 saturated carbocycles. The Bertz CT molecular complexity index is 993. The third kappa shape index (κ3) is 2.30. The van der Waals surface area contributed by atoms with Gasteiger partial charge in [-0.2, -0.15) is 0 Å². The molecule has 132 valence electrons. The quantitative estimate of drug-likeness (QED) is 0.716. The number of anilines is 2. The van der Waals surface area contributed by atoms with E-state index in [0.717, 1.165) is 55.1 Å². The number of aryl methyl sites for hydroxylation is 1. The Morgan fingerprint density at radius 2 is 1.88 bits per heavy atom. The molecule has 1 aromatic heterocycles. The lowest BCUT2D eigenvalue weighted by molar-refractivity contribution is -0.121. The first-order chi connectivity index (χ1) is 12.7. The monoisotopic (exact) mass is 346 g/mol. The van der Waals surface area contributed by atoms with Gasteiger partial charge in [-0.3, -0.25) is 4.79 Å². The fourth-order valence-electron chi connectivity index (χ4n) is 4.35. The van der Waals surface area contributed by atoms with Crippen LogP contribution >= 0.6 is 0 Å². The van der Waals surface area contributed by atoms with Gasteiger partial charge in [0, 0.05) is 32.4 Å². The molecule has 2 aliphatic rings. The van der Waals surface area contributed by atoms with Crippen LogP contribution in [-0.2, 0) is 18.3 Å². The minimum Gasteiger partial charge on any atom is -0.341 e. The van der Waals surface area contributed by atoms with Gasteiger partial charge in [-0.05, 0) is 36.6 Å². The van der Waals surface area contributed by atoms with Gasteiger partial charge in [0.15, 0.2) is 0 Å². The van der Waals surface area contributed by atoms with Crippen molar-refractivity contribution in [1.29, 1.82) is 0 Å². The molecule has 1 saturated heterocycles. The summed E-state index contributed by atoms with van der Waals surface area (Å²) >= 11 is 0. The maximum Gasteiger partial charge on any atom is 0.231 e. The number of para-hydroxylation sites is 3. The molecule has 0 aliphatic carbocycles. The normalized spacial score (nSPS) is 19.3. The SMILES string of the molecule is Cn1c(N2CCC(C(=O)N3CCc4ccccc43)C2)nc2ccccc21. The number of benzene rings is 2. The molecular weight excluding hydrogens is 324 g/mol. The van der Waals surface area contributed by atoms with E-state index in [2.05, 4.69) is 40.8 Å². The summed E-state index contributed by atoms with van der Waals surface area (Å²) in [4.78, 5) is 22.1. The molecule has 1 amide bonds. The third-order valence-corrected chi connectivity index (χ3v) is 5.74. The van der Waals surface area contributed by atoms with E-state index in [9.17, 15) is 4.79 Å². The van der Waals surface area contributed by atoms with Gasteiger partial charge in [0.05, 0.1) is 17.0 Å². The number of amides is 1. The minimum absolute atomic E-state index is 0.0426. The number of fused-ring (bicyclic) bond motifs is 2. The van der Waals surface area contributed by atoms with E-state index in [4.69, 9.17) is 4.98 Å². The smallest absolute Gasteiger partial charge is 0.231 e. The highest BCUT2D eigenvalue weighted by Gasteiger charge is 2.35. The Kier molecular flexibility index (Phi) is 3.48. The molecule has 26 heavy (non-hydrogen) atoms. The number of carbonyl (C=O) groups is 1. The van der Waals surface area contributed by atoms with Crippen LogP contribution in [0.2, 0.25) is 0 Å². The zero-order valence-electron chi connectivity index (χ0n) is 14.9. The average Bonchev–Trinajstić information content (AvgIpc) is 3.38. The lowest BCUT2D eigenvalue weighted by atomic mass is 10.1. The molecule has 0 spiro atoms. The van der Waals surface area contributed by atoms with Crippen LogP contribution in [0.4, 0.5) is 11.6 Å². The molecule has 5 nitrogen and oxygen atoms in total. The number of carbonyl (C=O) groups excluding carboxylic acids is 1. The van der Waals surface area contributed by atoms with E-state index in [1.54, 1.807) is 0 Å². The predicted octanol–water partition coefficient (Wildman–Crippen LogP) is 2.99. The molecule has 1 unspecified atom stereocenters. The number of rotatable bonds is 2. The Morgan fingerprint density at radius 3 is 2.77 bits per heavy atom. The fraction of sp³-hybridized carbons (Fsp3) is 0.333. The molecule has 1 fully saturated rings. The van der Waals surface area contributed by atoms with Crippen LogP contribution < -0.4 is 9.80 Å². The Hall–Kier alpha value is -2.82. The molecular formula is C21H22N4O. The molecule has 2 aromatic carbocycles. The van der Waals surface area contributed by atoms with Crippen molar-refractivity contribution in [3.8, 4) is 0 Å². The third-order valence-electron chi connectivity index (χ3n) is 5.74. The van der Waals surface area contributed by atoms with E-state index in [1.165, 1.54) is 5.56 Å². The topological polar surface area (TPSA) is 41.4 Å². The zero-order chi connectivity index (χ0) is 17.7. The van der Waals surface area contributed by atoms with Crippen molar-refractivity contribution in [3.63, 3.8) is 0 Å². The summed E-state index contributed by atoms with van der Waals surface area (Å²) in [6.45, 7) is 2.43. The molecule has 0 N–H and O–H groups in total. The summed E-state index contributed by atoms with van der Waals surface area (Å²) in [6.07, 6.45) is 1.85. The van der Waals surface area contributed by atoms with Crippen LogP contribution in [0, 0.1) is 5.92 Å². The molecule has 0 radical (unpaired) electrons. The number of aromatic nitrogens is 2. The van der Waals surface area contributed by atoms with Crippen LogP contribution in [0.25, 0.3) is 11.0 Å². The van der Waals surface area contributed by atoms with Gasteiger partial charge in [0.1, 0.15) is 0 Å². The van der Waals surface area contributed by atoms with Crippen molar-refractivity contribution in [2.75, 3.05) is 29.4 Å². The Morgan fingerprint density at radius 1 is 1.08 bits per heavy atom. The average molecular weight is 346 g/mol. The summed E-state index contributed by atoms with van der Waals surface area (Å²) in [6, 6.07) is 16.4. The van der Waals surface area contributed by atoms with Gasteiger partial charge in [-0.15, -0.1) is 0 Å². The summed E-state index contributed by atoms with van der Waals surface area (Å²) in [5.74, 6) is 1.26. The molecule has 0 bridgehead atoms. The Labute approximate surface area is 152 Å². The fourth-order valence-corrected chi connectivity index (χ4v) is 4.35. The molecule has 2 aliphatic heterocycles. The van der Waals surface area contributed by atoms with Gasteiger partial charge in [-0.25, -0.2) is 4.98 Å². The molecule has 1 atom stereocenters. The molecule has 3 aromatic rings. The van der Waals surface area contributed by atoms with Crippen molar-refractivity contribution in [2.24, 2.45) is 13.0 Å². The van der Waals surface area contributed by atoms with Gasteiger partial charge in [0.2, 0.25) is 11.9 Å². The largest absolute Gasteiger partial charge is 0.341 e. The Balaban J connectivity index is 1.37. The number of imidazole rings is 1. The number of nitrogens with zero attached hydrogens (tertiary/aromatic N) is 4. The summed E-state index contributed by atoms with van der Waals surface area (Å²) in [5.41, 5.74) is 4.52. The van der Waals surface area contributed by atoms with Crippen LogP contribution in [-0.4, -0.2) is 35.1 Å². The maximum absolute atomic E-state index is 13.1. The predicted molar refractivity (Wildman–Crippen MR) is 104 cm³/mol. The highest BCUT2D eigenvalue weighted by atomic mass is 16.2. The molecule has 5 rings (SSSR count). The maximum atomic E-state index is 13.1. The van der Waals surface area contributed by atoms with Crippen LogP contribution in [0.15, 0.2) is 48.5 Å². The van der Waals surface area contributed by atoms with E-state index >= 15 is 0 Å². The summed E-state index contributed by atoms with van der Waals surface area (Å²) in [7, 11) is 2.05. The van der Waals surface area contributed by atoms with Crippen LogP contribution in [0.1, 0.15) is 12.0 Å². The lowest BCUT2D eigenvalue weighted by Gasteiger charge is -2.22. The lowest BCUT2D eigenvalue weighted by Crippen LogP contribution is -2.36.